The Labute approximate surface area is 120 Å². The van der Waals surface area contributed by atoms with Crippen molar-refractivity contribution in [3.8, 4) is 0 Å². The number of carboxylic acids is 1. The molecular weight excluding hydrogens is 254 g/mol. The van der Waals surface area contributed by atoms with Gasteiger partial charge in [0.25, 0.3) is 0 Å². The second-order valence-corrected chi connectivity index (χ2v) is 5.50. The summed E-state index contributed by atoms with van der Waals surface area (Å²) < 4.78 is 0. The number of rotatable bonds is 3. The molecule has 1 aromatic rings. The number of hydrogen-bond donors (Lipinski definition) is 1. The minimum absolute atomic E-state index is 0.304. The Kier molecular flexibility index (Phi) is 4.60. The molecule has 110 valence electrons. The molecule has 1 aliphatic heterocycles. The van der Waals surface area contributed by atoms with E-state index in [4.69, 9.17) is 0 Å². The molecule has 5 heteroatoms. The van der Waals surface area contributed by atoms with Crippen molar-refractivity contribution >= 4 is 11.8 Å². The van der Waals surface area contributed by atoms with Crippen molar-refractivity contribution in [2.24, 2.45) is 0 Å². The monoisotopic (exact) mass is 277 g/mol. The van der Waals surface area contributed by atoms with Gasteiger partial charge in [-0.25, -0.2) is 9.78 Å². The summed E-state index contributed by atoms with van der Waals surface area (Å²) >= 11 is 0. The number of anilines is 1. The normalized spacial score (nSPS) is 20.8. The van der Waals surface area contributed by atoms with Gasteiger partial charge in [0.15, 0.2) is 0 Å². The minimum Gasteiger partial charge on any atom is -0.478 e. The van der Waals surface area contributed by atoms with Crippen LogP contribution in [0.1, 0.15) is 35.8 Å². The zero-order valence-electron chi connectivity index (χ0n) is 12.5. The van der Waals surface area contributed by atoms with Crippen LogP contribution in [-0.2, 0) is 0 Å². The molecule has 1 aliphatic rings. The maximum Gasteiger partial charge on any atom is 0.339 e. The van der Waals surface area contributed by atoms with Gasteiger partial charge in [-0.3, -0.25) is 0 Å². The lowest BCUT2D eigenvalue weighted by Crippen LogP contribution is -2.41. The molecule has 1 aromatic heterocycles. The van der Waals surface area contributed by atoms with Gasteiger partial charge in [0.05, 0.1) is 0 Å². The zero-order valence-corrected chi connectivity index (χ0v) is 12.5. The fourth-order valence-electron chi connectivity index (χ4n) is 2.80. The smallest absolute Gasteiger partial charge is 0.339 e. The van der Waals surface area contributed by atoms with Crippen LogP contribution < -0.4 is 4.90 Å². The standard InChI is InChI=1S/C15H23N3O2/c1-4-12-10-17(3)8-5-9-18(12)14-13(15(19)20)7-6-11(2)16-14/h6-7,12H,4-5,8-10H2,1-3H3,(H,19,20). The van der Waals surface area contributed by atoms with Gasteiger partial charge < -0.3 is 14.9 Å². The molecular formula is C15H23N3O2. The van der Waals surface area contributed by atoms with E-state index in [1.54, 1.807) is 12.1 Å². The third-order valence-corrected chi connectivity index (χ3v) is 3.89. The van der Waals surface area contributed by atoms with Crippen molar-refractivity contribution in [2.75, 3.05) is 31.6 Å². The molecule has 1 fully saturated rings. The predicted octanol–water partition coefficient (Wildman–Crippen LogP) is 2.01. The molecule has 1 atom stereocenters. The van der Waals surface area contributed by atoms with E-state index in [-0.39, 0.29) is 0 Å². The van der Waals surface area contributed by atoms with Gasteiger partial charge in [0, 0.05) is 24.8 Å². The van der Waals surface area contributed by atoms with Crippen LogP contribution in [0.5, 0.6) is 0 Å². The van der Waals surface area contributed by atoms with E-state index in [9.17, 15) is 9.90 Å². The molecule has 0 aromatic carbocycles. The molecule has 5 nitrogen and oxygen atoms in total. The Morgan fingerprint density at radius 1 is 1.45 bits per heavy atom. The number of aryl methyl sites for hydroxylation is 1. The second-order valence-electron chi connectivity index (χ2n) is 5.50. The maximum atomic E-state index is 11.4. The fraction of sp³-hybridized carbons (Fsp3) is 0.600. The van der Waals surface area contributed by atoms with E-state index in [0.29, 0.717) is 17.4 Å². The minimum atomic E-state index is -0.903. The Bertz CT molecular complexity index is 490. The molecule has 1 N–H and O–H groups in total. The highest BCUT2D eigenvalue weighted by Crippen LogP contribution is 2.24. The van der Waals surface area contributed by atoms with Crippen LogP contribution in [0.2, 0.25) is 0 Å². The molecule has 0 bridgehead atoms. The summed E-state index contributed by atoms with van der Waals surface area (Å²) in [5.41, 5.74) is 1.16. The zero-order chi connectivity index (χ0) is 14.7. The van der Waals surface area contributed by atoms with E-state index in [1.165, 1.54) is 0 Å². The van der Waals surface area contributed by atoms with Gasteiger partial charge >= 0.3 is 5.97 Å². The van der Waals surface area contributed by atoms with E-state index < -0.39 is 5.97 Å². The number of hydrogen-bond acceptors (Lipinski definition) is 4. The Morgan fingerprint density at radius 3 is 2.85 bits per heavy atom. The van der Waals surface area contributed by atoms with Crippen molar-refractivity contribution in [3.63, 3.8) is 0 Å². The van der Waals surface area contributed by atoms with Crippen molar-refractivity contribution in [3.05, 3.63) is 23.4 Å². The van der Waals surface area contributed by atoms with E-state index in [2.05, 4.69) is 28.8 Å². The van der Waals surface area contributed by atoms with Gasteiger partial charge in [0.1, 0.15) is 11.4 Å². The summed E-state index contributed by atoms with van der Waals surface area (Å²) in [7, 11) is 2.12. The molecule has 1 saturated heterocycles. The summed E-state index contributed by atoms with van der Waals surface area (Å²) in [6.07, 6.45) is 2.01. The average molecular weight is 277 g/mol. The maximum absolute atomic E-state index is 11.4. The van der Waals surface area contributed by atoms with Gasteiger partial charge in [-0.15, -0.1) is 0 Å². The third-order valence-electron chi connectivity index (χ3n) is 3.89. The summed E-state index contributed by atoms with van der Waals surface area (Å²) in [4.78, 5) is 20.4. The van der Waals surface area contributed by atoms with Gasteiger partial charge in [-0.05, 0) is 45.5 Å². The van der Waals surface area contributed by atoms with E-state index >= 15 is 0 Å². The number of nitrogens with zero attached hydrogens (tertiary/aromatic N) is 3. The first-order chi connectivity index (χ1) is 9.52. The van der Waals surface area contributed by atoms with Crippen LogP contribution in [0.3, 0.4) is 0 Å². The Morgan fingerprint density at radius 2 is 2.20 bits per heavy atom. The lowest BCUT2D eigenvalue weighted by molar-refractivity contribution is 0.0697. The molecule has 20 heavy (non-hydrogen) atoms. The molecule has 1 unspecified atom stereocenters. The molecule has 0 saturated carbocycles. The van der Waals surface area contributed by atoms with Crippen molar-refractivity contribution in [2.45, 2.75) is 32.7 Å². The molecule has 2 rings (SSSR count). The number of carboxylic acid groups (broad SMARTS) is 1. The lowest BCUT2D eigenvalue weighted by Gasteiger charge is -2.32. The highest BCUT2D eigenvalue weighted by molar-refractivity contribution is 5.93. The molecule has 2 heterocycles. The quantitative estimate of drug-likeness (QED) is 0.916. The van der Waals surface area contributed by atoms with E-state index in [0.717, 1.165) is 38.2 Å². The molecule has 0 radical (unpaired) electrons. The highest BCUT2D eigenvalue weighted by Gasteiger charge is 2.26. The summed E-state index contributed by atoms with van der Waals surface area (Å²) in [6.45, 7) is 6.90. The van der Waals surface area contributed by atoms with Crippen molar-refractivity contribution < 1.29 is 9.90 Å². The number of pyridine rings is 1. The Hall–Kier alpha value is -1.62. The van der Waals surface area contributed by atoms with Gasteiger partial charge in [0.2, 0.25) is 0 Å². The van der Waals surface area contributed by atoms with Crippen LogP contribution in [0.15, 0.2) is 12.1 Å². The van der Waals surface area contributed by atoms with Gasteiger partial charge in [-0.2, -0.15) is 0 Å². The predicted molar refractivity (Wildman–Crippen MR) is 79.5 cm³/mol. The van der Waals surface area contributed by atoms with Gasteiger partial charge in [-0.1, -0.05) is 6.92 Å². The summed E-state index contributed by atoms with van der Waals surface area (Å²) in [6, 6.07) is 3.74. The van der Waals surface area contributed by atoms with E-state index in [1.807, 2.05) is 6.92 Å². The largest absolute Gasteiger partial charge is 0.478 e. The SMILES string of the molecule is CCC1CN(C)CCCN1c1nc(C)ccc1C(=O)O. The summed E-state index contributed by atoms with van der Waals surface area (Å²) in [5.74, 6) is -0.278. The van der Waals surface area contributed by atoms with Crippen LogP contribution in [0.4, 0.5) is 5.82 Å². The molecule has 0 amide bonds. The first kappa shape index (κ1) is 14.8. The number of likely N-dealkylation sites (N-methyl/N-ethyl adjacent to an activating group) is 1. The average Bonchev–Trinajstić information content (AvgIpc) is 2.59. The van der Waals surface area contributed by atoms with Crippen LogP contribution >= 0.6 is 0 Å². The first-order valence-corrected chi connectivity index (χ1v) is 7.19. The van der Waals surface area contributed by atoms with Crippen LogP contribution in [0.25, 0.3) is 0 Å². The van der Waals surface area contributed by atoms with Crippen LogP contribution in [-0.4, -0.2) is 53.7 Å². The fourth-order valence-corrected chi connectivity index (χ4v) is 2.80. The second kappa shape index (κ2) is 6.22. The lowest BCUT2D eigenvalue weighted by atomic mass is 10.1. The number of aromatic nitrogens is 1. The summed E-state index contributed by atoms with van der Waals surface area (Å²) in [5, 5.41) is 9.39. The topological polar surface area (TPSA) is 56.7 Å². The first-order valence-electron chi connectivity index (χ1n) is 7.19. The van der Waals surface area contributed by atoms with Crippen molar-refractivity contribution in [1.82, 2.24) is 9.88 Å². The number of carbonyl (C=O) groups is 1. The highest BCUT2D eigenvalue weighted by atomic mass is 16.4. The van der Waals surface area contributed by atoms with Crippen LogP contribution in [0, 0.1) is 6.92 Å². The Balaban J connectivity index is 2.41. The third kappa shape index (κ3) is 3.10. The number of aromatic carboxylic acids is 1. The molecule has 0 aliphatic carbocycles. The van der Waals surface area contributed by atoms with Crippen molar-refractivity contribution in [1.29, 1.82) is 0 Å². The molecule has 0 spiro atoms.